The summed E-state index contributed by atoms with van der Waals surface area (Å²) in [5, 5.41) is 11.7. The lowest BCUT2D eigenvalue weighted by atomic mass is 10.1. The van der Waals surface area contributed by atoms with Gasteiger partial charge in [0.05, 0.1) is 25.7 Å². The SMILES string of the molecule is CCC1COCCN1C(=O)Nc1ccccc1CC(=O)O. The third-order valence-electron chi connectivity index (χ3n) is 3.56. The Balaban J connectivity index is 2.10. The number of nitrogens with one attached hydrogen (secondary N) is 1. The summed E-state index contributed by atoms with van der Waals surface area (Å²) in [4.78, 5) is 25.0. The van der Waals surface area contributed by atoms with E-state index in [1.165, 1.54) is 0 Å². The number of anilines is 1. The number of para-hydroxylation sites is 1. The molecule has 1 heterocycles. The molecule has 1 aromatic carbocycles. The molecule has 2 amide bonds. The van der Waals surface area contributed by atoms with E-state index in [4.69, 9.17) is 9.84 Å². The van der Waals surface area contributed by atoms with Gasteiger partial charge in [0.2, 0.25) is 0 Å². The zero-order valence-electron chi connectivity index (χ0n) is 12.0. The number of morpholine rings is 1. The van der Waals surface area contributed by atoms with Crippen LogP contribution in [-0.4, -0.2) is 47.8 Å². The first-order valence-electron chi connectivity index (χ1n) is 7.07. The Morgan fingerprint density at radius 3 is 2.90 bits per heavy atom. The summed E-state index contributed by atoms with van der Waals surface area (Å²) >= 11 is 0. The number of amides is 2. The first kappa shape index (κ1) is 15.3. The van der Waals surface area contributed by atoms with Gasteiger partial charge in [0.25, 0.3) is 0 Å². The fraction of sp³-hybridized carbons (Fsp3) is 0.467. The minimum absolute atomic E-state index is 0.0605. The summed E-state index contributed by atoms with van der Waals surface area (Å²) in [5.74, 6) is -0.922. The van der Waals surface area contributed by atoms with E-state index in [2.05, 4.69) is 5.32 Å². The first-order valence-corrected chi connectivity index (χ1v) is 7.07. The highest BCUT2D eigenvalue weighted by Crippen LogP contribution is 2.18. The molecular weight excluding hydrogens is 272 g/mol. The number of hydrogen-bond donors (Lipinski definition) is 2. The van der Waals surface area contributed by atoms with Crippen molar-refractivity contribution in [3.63, 3.8) is 0 Å². The van der Waals surface area contributed by atoms with Gasteiger partial charge in [-0.15, -0.1) is 0 Å². The monoisotopic (exact) mass is 292 g/mol. The summed E-state index contributed by atoms with van der Waals surface area (Å²) in [5.41, 5.74) is 1.14. The highest BCUT2D eigenvalue weighted by molar-refractivity contribution is 5.91. The van der Waals surface area contributed by atoms with Crippen molar-refractivity contribution in [1.29, 1.82) is 0 Å². The zero-order chi connectivity index (χ0) is 15.2. The summed E-state index contributed by atoms with van der Waals surface area (Å²) in [6.07, 6.45) is 0.709. The Kier molecular flexibility index (Phi) is 5.16. The minimum Gasteiger partial charge on any atom is -0.481 e. The molecule has 1 aromatic rings. The molecular formula is C15H20N2O4. The van der Waals surface area contributed by atoms with Crippen LogP contribution in [0.2, 0.25) is 0 Å². The lowest BCUT2D eigenvalue weighted by Gasteiger charge is -2.35. The van der Waals surface area contributed by atoms with Crippen LogP contribution in [0, 0.1) is 0 Å². The van der Waals surface area contributed by atoms with Crippen LogP contribution in [0.3, 0.4) is 0 Å². The van der Waals surface area contributed by atoms with Gasteiger partial charge >= 0.3 is 12.0 Å². The van der Waals surface area contributed by atoms with Gasteiger partial charge in [0.15, 0.2) is 0 Å². The Bertz CT molecular complexity index is 518. The van der Waals surface area contributed by atoms with Crippen molar-refractivity contribution in [2.45, 2.75) is 25.8 Å². The molecule has 1 unspecified atom stereocenters. The van der Waals surface area contributed by atoms with E-state index >= 15 is 0 Å². The average Bonchev–Trinajstić information content (AvgIpc) is 2.48. The number of ether oxygens (including phenoxy) is 1. The second-order valence-corrected chi connectivity index (χ2v) is 4.99. The van der Waals surface area contributed by atoms with Crippen LogP contribution in [-0.2, 0) is 16.0 Å². The van der Waals surface area contributed by atoms with Gasteiger partial charge in [-0.25, -0.2) is 4.79 Å². The maximum atomic E-state index is 12.4. The van der Waals surface area contributed by atoms with Crippen molar-refractivity contribution >= 4 is 17.7 Å². The van der Waals surface area contributed by atoms with Crippen LogP contribution >= 0.6 is 0 Å². The van der Waals surface area contributed by atoms with Gasteiger partial charge in [-0.2, -0.15) is 0 Å². The number of carbonyl (C=O) groups excluding carboxylic acids is 1. The third kappa shape index (κ3) is 3.95. The van der Waals surface area contributed by atoms with Gasteiger partial charge < -0.3 is 20.1 Å². The number of nitrogens with zero attached hydrogens (tertiary/aromatic N) is 1. The normalized spacial score (nSPS) is 18.3. The van der Waals surface area contributed by atoms with Crippen molar-refractivity contribution in [3.05, 3.63) is 29.8 Å². The largest absolute Gasteiger partial charge is 0.481 e. The van der Waals surface area contributed by atoms with Crippen LogP contribution in [0.4, 0.5) is 10.5 Å². The lowest BCUT2D eigenvalue weighted by Crippen LogP contribution is -2.50. The molecule has 21 heavy (non-hydrogen) atoms. The molecule has 6 heteroatoms. The first-order chi connectivity index (χ1) is 10.1. The summed E-state index contributed by atoms with van der Waals surface area (Å²) in [6, 6.07) is 6.82. The van der Waals surface area contributed by atoms with E-state index in [1.54, 1.807) is 29.2 Å². The number of aliphatic carboxylic acids is 1. The number of carboxylic acids is 1. The molecule has 1 aliphatic rings. The molecule has 0 aromatic heterocycles. The topological polar surface area (TPSA) is 78.9 Å². The van der Waals surface area contributed by atoms with Crippen LogP contribution in [0.5, 0.6) is 0 Å². The van der Waals surface area contributed by atoms with Crippen molar-refractivity contribution < 1.29 is 19.4 Å². The Labute approximate surface area is 123 Å². The van der Waals surface area contributed by atoms with Gasteiger partial charge in [-0.3, -0.25) is 4.79 Å². The van der Waals surface area contributed by atoms with Gasteiger partial charge in [0, 0.05) is 12.2 Å². The highest BCUT2D eigenvalue weighted by Gasteiger charge is 2.26. The summed E-state index contributed by atoms with van der Waals surface area (Å²) in [6.45, 7) is 3.63. The molecule has 0 spiro atoms. The van der Waals surface area contributed by atoms with Crippen molar-refractivity contribution in [2.24, 2.45) is 0 Å². The maximum absolute atomic E-state index is 12.4. The molecule has 1 aliphatic heterocycles. The number of benzene rings is 1. The van der Waals surface area contributed by atoms with Crippen molar-refractivity contribution in [1.82, 2.24) is 4.90 Å². The molecule has 0 bridgehead atoms. The van der Waals surface area contributed by atoms with E-state index in [9.17, 15) is 9.59 Å². The van der Waals surface area contributed by atoms with Crippen LogP contribution in [0.25, 0.3) is 0 Å². The van der Waals surface area contributed by atoms with Gasteiger partial charge in [0.1, 0.15) is 0 Å². The van der Waals surface area contributed by atoms with Crippen molar-refractivity contribution in [2.75, 3.05) is 25.1 Å². The van der Waals surface area contributed by atoms with E-state index in [-0.39, 0.29) is 18.5 Å². The van der Waals surface area contributed by atoms with Crippen molar-refractivity contribution in [3.8, 4) is 0 Å². The molecule has 1 atom stereocenters. The molecule has 0 radical (unpaired) electrons. The Morgan fingerprint density at radius 2 is 2.19 bits per heavy atom. The molecule has 1 saturated heterocycles. The third-order valence-corrected chi connectivity index (χ3v) is 3.56. The molecule has 6 nitrogen and oxygen atoms in total. The molecule has 0 saturated carbocycles. The van der Waals surface area contributed by atoms with Crippen LogP contribution in [0.15, 0.2) is 24.3 Å². The van der Waals surface area contributed by atoms with E-state index < -0.39 is 5.97 Å². The predicted octanol–water partition coefficient (Wildman–Crippen LogP) is 1.96. The number of carboxylic acid groups (broad SMARTS) is 1. The highest BCUT2D eigenvalue weighted by atomic mass is 16.5. The Morgan fingerprint density at radius 1 is 1.43 bits per heavy atom. The minimum atomic E-state index is -0.922. The zero-order valence-corrected chi connectivity index (χ0v) is 12.0. The fourth-order valence-electron chi connectivity index (χ4n) is 2.41. The standard InChI is InChI=1S/C15H20N2O4/c1-2-12-10-21-8-7-17(12)15(20)16-13-6-4-3-5-11(13)9-14(18)19/h3-6,12H,2,7-10H2,1H3,(H,16,20)(H,18,19). The van der Waals surface area contributed by atoms with E-state index in [0.717, 1.165) is 6.42 Å². The van der Waals surface area contributed by atoms with E-state index in [0.29, 0.717) is 31.0 Å². The fourth-order valence-corrected chi connectivity index (χ4v) is 2.41. The maximum Gasteiger partial charge on any atom is 0.322 e. The summed E-state index contributed by atoms with van der Waals surface area (Å²) in [7, 11) is 0. The number of rotatable bonds is 4. The van der Waals surface area contributed by atoms with E-state index in [1.807, 2.05) is 6.92 Å². The average molecular weight is 292 g/mol. The quantitative estimate of drug-likeness (QED) is 0.889. The molecule has 1 fully saturated rings. The lowest BCUT2D eigenvalue weighted by molar-refractivity contribution is -0.136. The number of carbonyl (C=O) groups is 2. The van der Waals surface area contributed by atoms with Gasteiger partial charge in [-0.1, -0.05) is 25.1 Å². The van der Waals surface area contributed by atoms with Crippen LogP contribution in [0.1, 0.15) is 18.9 Å². The van der Waals surface area contributed by atoms with Gasteiger partial charge in [-0.05, 0) is 18.1 Å². The smallest absolute Gasteiger partial charge is 0.322 e. The number of urea groups is 1. The predicted molar refractivity (Wildman–Crippen MR) is 78.4 cm³/mol. The van der Waals surface area contributed by atoms with Crippen LogP contribution < -0.4 is 5.32 Å². The second kappa shape index (κ2) is 7.08. The summed E-state index contributed by atoms with van der Waals surface area (Å²) < 4.78 is 5.38. The Hall–Kier alpha value is -2.08. The molecule has 2 rings (SSSR count). The second-order valence-electron chi connectivity index (χ2n) is 4.99. The molecule has 0 aliphatic carbocycles. The molecule has 2 N–H and O–H groups in total. The number of hydrogen-bond acceptors (Lipinski definition) is 3. The molecule has 114 valence electrons.